The fourth-order valence-electron chi connectivity index (χ4n) is 2.91. The molecule has 31 heavy (non-hydrogen) atoms. The van der Waals surface area contributed by atoms with Gasteiger partial charge in [0.25, 0.3) is 0 Å². The van der Waals surface area contributed by atoms with Gasteiger partial charge in [-0.2, -0.15) is 9.57 Å². The predicted molar refractivity (Wildman–Crippen MR) is 119 cm³/mol. The molecule has 1 fully saturated rings. The van der Waals surface area contributed by atoms with Crippen LogP contribution in [0.4, 0.5) is 5.69 Å². The Morgan fingerprint density at radius 3 is 2.48 bits per heavy atom. The lowest BCUT2D eigenvalue weighted by atomic mass is 10.2. The van der Waals surface area contributed by atoms with Crippen molar-refractivity contribution in [2.24, 2.45) is 0 Å². The van der Waals surface area contributed by atoms with Gasteiger partial charge in [-0.25, -0.2) is 8.42 Å². The molecule has 8 nitrogen and oxygen atoms in total. The van der Waals surface area contributed by atoms with Crippen molar-refractivity contribution in [2.45, 2.75) is 10.9 Å². The first-order valence-electron chi connectivity index (χ1n) is 9.12. The fraction of sp³-hybridized carbons (Fsp3) is 0.250. The summed E-state index contributed by atoms with van der Waals surface area (Å²) < 4.78 is 26.4. The molecule has 3 rings (SSSR count). The molecule has 1 aliphatic rings. The minimum atomic E-state index is -3.88. The molecule has 1 atom stereocenters. The van der Waals surface area contributed by atoms with Gasteiger partial charge < -0.3 is 10.2 Å². The third-order valence-corrected chi connectivity index (χ3v) is 7.75. The highest BCUT2D eigenvalue weighted by atomic mass is 35.5. The second-order valence-electron chi connectivity index (χ2n) is 6.77. The van der Waals surface area contributed by atoms with Gasteiger partial charge in [-0.15, -0.1) is 11.8 Å². The van der Waals surface area contributed by atoms with Crippen LogP contribution in [0.1, 0.15) is 5.56 Å². The number of nitriles is 1. The molecule has 0 aliphatic carbocycles. The van der Waals surface area contributed by atoms with E-state index in [1.165, 1.54) is 48.0 Å². The molecular weight excluding hydrogens is 460 g/mol. The second kappa shape index (κ2) is 9.70. The van der Waals surface area contributed by atoms with Gasteiger partial charge in [-0.3, -0.25) is 9.59 Å². The maximum absolute atomic E-state index is 12.8. The van der Waals surface area contributed by atoms with Gasteiger partial charge in [-0.1, -0.05) is 11.6 Å². The van der Waals surface area contributed by atoms with Crippen LogP contribution in [0.2, 0.25) is 5.02 Å². The first-order chi connectivity index (χ1) is 14.7. The van der Waals surface area contributed by atoms with Crippen LogP contribution in [-0.2, 0) is 19.6 Å². The van der Waals surface area contributed by atoms with Gasteiger partial charge in [0, 0.05) is 23.5 Å². The molecule has 0 bridgehead atoms. The van der Waals surface area contributed by atoms with Crippen molar-refractivity contribution in [1.29, 1.82) is 5.26 Å². The number of rotatable bonds is 6. The number of nitrogens with one attached hydrogen (secondary N) is 1. The minimum absolute atomic E-state index is 0.0260. The summed E-state index contributed by atoms with van der Waals surface area (Å²) >= 11 is 7.22. The number of likely N-dealkylation sites (N-methyl/N-ethyl adjacent to an activating group) is 1. The zero-order valence-electron chi connectivity index (χ0n) is 16.5. The van der Waals surface area contributed by atoms with E-state index in [1.807, 2.05) is 6.07 Å². The SMILES string of the molecule is CN(CC(=O)N1CSCC1C(=O)Nc1ccc(C#N)cc1)S(=O)(=O)c1ccc(Cl)cc1. The summed E-state index contributed by atoms with van der Waals surface area (Å²) in [6.45, 7) is -0.397. The summed E-state index contributed by atoms with van der Waals surface area (Å²) in [6, 6.07) is 13.3. The number of carbonyl (C=O) groups is 2. The lowest BCUT2D eigenvalue weighted by Crippen LogP contribution is -2.48. The van der Waals surface area contributed by atoms with E-state index in [2.05, 4.69) is 5.32 Å². The van der Waals surface area contributed by atoms with Gasteiger partial charge in [0.05, 0.1) is 28.9 Å². The molecular formula is C20H19ClN4O4S2. The molecule has 2 aromatic carbocycles. The van der Waals surface area contributed by atoms with Crippen LogP contribution in [0.15, 0.2) is 53.4 Å². The molecule has 1 N–H and O–H groups in total. The van der Waals surface area contributed by atoms with Crippen molar-refractivity contribution < 1.29 is 18.0 Å². The lowest BCUT2D eigenvalue weighted by molar-refractivity contribution is -0.136. The smallest absolute Gasteiger partial charge is 0.248 e. The number of hydrogen-bond donors (Lipinski definition) is 1. The zero-order chi connectivity index (χ0) is 22.6. The monoisotopic (exact) mass is 478 g/mol. The molecule has 1 saturated heterocycles. The van der Waals surface area contributed by atoms with Crippen molar-refractivity contribution in [3.8, 4) is 6.07 Å². The van der Waals surface area contributed by atoms with Gasteiger partial charge >= 0.3 is 0 Å². The number of amides is 2. The number of benzene rings is 2. The van der Waals surface area contributed by atoms with Gasteiger partial charge in [0.15, 0.2) is 0 Å². The summed E-state index contributed by atoms with van der Waals surface area (Å²) in [5.41, 5.74) is 0.979. The highest BCUT2D eigenvalue weighted by molar-refractivity contribution is 7.99. The van der Waals surface area contributed by atoms with Crippen LogP contribution < -0.4 is 5.32 Å². The molecule has 1 aliphatic heterocycles. The Morgan fingerprint density at radius 2 is 1.87 bits per heavy atom. The Kier molecular flexibility index (Phi) is 7.23. The summed E-state index contributed by atoms with van der Waals surface area (Å²) in [7, 11) is -2.56. The van der Waals surface area contributed by atoms with Crippen LogP contribution in [0.3, 0.4) is 0 Å². The Bertz CT molecular complexity index is 1120. The van der Waals surface area contributed by atoms with Crippen LogP contribution in [0.5, 0.6) is 0 Å². The minimum Gasteiger partial charge on any atom is -0.324 e. The van der Waals surface area contributed by atoms with E-state index < -0.39 is 28.5 Å². The van der Waals surface area contributed by atoms with Crippen LogP contribution >= 0.6 is 23.4 Å². The van der Waals surface area contributed by atoms with Gasteiger partial charge in [-0.05, 0) is 48.5 Å². The van der Waals surface area contributed by atoms with Crippen molar-refractivity contribution in [3.05, 3.63) is 59.1 Å². The van der Waals surface area contributed by atoms with Crippen LogP contribution in [0.25, 0.3) is 0 Å². The zero-order valence-corrected chi connectivity index (χ0v) is 18.9. The lowest BCUT2D eigenvalue weighted by Gasteiger charge is -2.25. The third kappa shape index (κ3) is 5.37. The molecule has 1 heterocycles. The average molecular weight is 479 g/mol. The van der Waals surface area contributed by atoms with Crippen LogP contribution in [-0.4, -0.2) is 60.7 Å². The van der Waals surface area contributed by atoms with Crippen molar-refractivity contribution >= 4 is 50.9 Å². The Morgan fingerprint density at radius 1 is 1.23 bits per heavy atom. The van der Waals surface area contributed by atoms with Crippen LogP contribution in [0, 0.1) is 11.3 Å². The highest BCUT2D eigenvalue weighted by Gasteiger charge is 2.36. The van der Waals surface area contributed by atoms with E-state index in [0.717, 1.165) is 4.31 Å². The Labute approximate surface area is 189 Å². The Hall–Kier alpha value is -2.58. The molecule has 11 heteroatoms. The summed E-state index contributed by atoms with van der Waals surface area (Å²) in [5.74, 6) is -0.142. The van der Waals surface area contributed by atoms with Crippen molar-refractivity contribution in [3.63, 3.8) is 0 Å². The quantitative estimate of drug-likeness (QED) is 0.682. The molecule has 0 spiro atoms. The molecule has 0 aromatic heterocycles. The maximum atomic E-state index is 12.8. The second-order valence-corrected chi connectivity index (χ2v) is 10.3. The third-order valence-electron chi connectivity index (χ3n) is 4.67. The predicted octanol–water partition coefficient (Wildman–Crippen LogP) is 2.37. The first kappa shape index (κ1) is 23.1. The van der Waals surface area contributed by atoms with Crippen molar-refractivity contribution in [1.82, 2.24) is 9.21 Å². The number of thioether (sulfide) groups is 1. The number of nitrogens with zero attached hydrogens (tertiary/aromatic N) is 3. The molecule has 2 aromatic rings. The highest BCUT2D eigenvalue weighted by Crippen LogP contribution is 2.24. The van der Waals surface area contributed by atoms with E-state index in [0.29, 0.717) is 27.9 Å². The largest absolute Gasteiger partial charge is 0.324 e. The standard InChI is InChI=1S/C20H19ClN4O4S2/c1-24(31(28,29)17-8-4-15(21)5-9-17)11-19(26)25-13-30-12-18(25)20(27)23-16-6-2-14(10-22)3-7-16/h2-9,18H,11-13H2,1H3,(H,23,27). The van der Waals surface area contributed by atoms with E-state index in [4.69, 9.17) is 16.9 Å². The fourth-order valence-corrected chi connectivity index (χ4v) is 5.34. The first-order valence-corrected chi connectivity index (χ1v) is 12.1. The molecule has 0 saturated carbocycles. The number of halogens is 1. The molecule has 0 radical (unpaired) electrons. The summed E-state index contributed by atoms with van der Waals surface area (Å²) in [5, 5.41) is 12.0. The van der Waals surface area contributed by atoms with E-state index in [1.54, 1.807) is 24.3 Å². The average Bonchev–Trinajstić information content (AvgIpc) is 3.25. The maximum Gasteiger partial charge on any atom is 0.248 e. The number of sulfonamides is 1. The number of anilines is 1. The molecule has 162 valence electrons. The van der Waals surface area contributed by atoms with E-state index in [-0.39, 0.29) is 10.8 Å². The van der Waals surface area contributed by atoms with Gasteiger partial charge in [0.2, 0.25) is 21.8 Å². The number of hydrogen-bond acceptors (Lipinski definition) is 6. The summed E-state index contributed by atoms with van der Waals surface area (Å²) in [4.78, 5) is 26.9. The molecule has 2 amide bonds. The number of carbonyl (C=O) groups excluding carboxylic acids is 2. The molecule has 1 unspecified atom stereocenters. The van der Waals surface area contributed by atoms with E-state index >= 15 is 0 Å². The summed E-state index contributed by atoms with van der Waals surface area (Å²) in [6.07, 6.45) is 0. The van der Waals surface area contributed by atoms with Gasteiger partial charge in [0.1, 0.15) is 6.04 Å². The Balaban J connectivity index is 1.66. The van der Waals surface area contributed by atoms with Crippen molar-refractivity contribution in [2.75, 3.05) is 30.5 Å². The topological polar surface area (TPSA) is 111 Å². The van der Waals surface area contributed by atoms with E-state index in [9.17, 15) is 18.0 Å². The normalized spacial score (nSPS) is 16.2.